The molecule has 0 bridgehead atoms. The van der Waals surface area contributed by atoms with Gasteiger partial charge in [0.2, 0.25) is 10.0 Å². The van der Waals surface area contributed by atoms with Crippen molar-refractivity contribution in [3.63, 3.8) is 0 Å². The molecule has 3 rings (SSSR count). The van der Waals surface area contributed by atoms with Gasteiger partial charge in [-0.25, -0.2) is 21.6 Å². The standard InChI is InChI=1S/C30H40N4O8S2/c1-21(2)19-34(20-28(36)25(16-22-10-7-6-8-11-22)32-29(37)42-30(3,4)5)44(40,41)23-13-14-27(35)26(17-23)33-43(38,39)24-12-9-15-31-18-24/h6-15,17-18,21,25,28,33,35-36H,16,19-20H2,1-5H3,(H,32,37)/t25-,28+/m0/s1. The molecule has 4 N–H and O–H groups in total. The number of hydrogen-bond donors (Lipinski definition) is 4. The van der Waals surface area contributed by atoms with Gasteiger partial charge in [0.25, 0.3) is 10.0 Å². The van der Waals surface area contributed by atoms with E-state index < -0.39 is 56.2 Å². The SMILES string of the molecule is CC(C)CN(C[C@@H](O)[C@H](Cc1ccccc1)NC(=O)OC(C)(C)C)S(=O)(=O)c1ccc(O)c(NS(=O)(=O)c2cccnc2)c1. The molecule has 1 heterocycles. The van der Waals surface area contributed by atoms with Crippen molar-refractivity contribution in [2.45, 2.75) is 68.6 Å². The Bertz CT molecular complexity index is 1610. The van der Waals surface area contributed by atoms with Crippen molar-refractivity contribution in [3.05, 3.63) is 78.6 Å². The summed E-state index contributed by atoms with van der Waals surface area (Å²) in [6.45, 7) is 8.32. The fourth-order valence-corrected chi connectivity index (χ4v) is 6.92. The van der Waals surface area contributed by atoms with Gasteiger partial charge in [0.15, 0.2) is 0 Å². The average molecular weight is 649 g/mol. The Morgan fingerprint density at radius 1 is 0.977 bits per heavy atom. The molecule has 0 saturated carbocycles. The lowest BCUT2D eigenvalue weighted by Crippen LogP contribution is -2.51. The fourth-order valence-electron chi connectivity index (χ4n) is 4.24. The summed E-state index contributed by atoms with van der Waals surface area (Å²) in [5, 5.41) is 24.4. The average Bonchev–Trinajstić information content (AvgIpc) is 2.93. The fraction of sp³-hybridized carbons (Fsp3) is 0.400. The molecule has 0 aliphatic carbocycles. The molecule has 0 unspecified atom stereocenters. The molecule has 2 atom stereocenters. The van der Waals surface area contributed by atoms with Crippen LogP contribution in [-0.2, 0) is 31.2 Å². The Hall–Kier alpha value is -3.72. The minimum atomic E-state index is -4.34. The first-order valence-corrected chi connectivity index (χ1v) is 16.9. The highest BCUT2D eigenvalue weighted by Gasteiger charge is 2.33. The van der Waals surface area contributed by atoms with Gasteiger partial charge in [-0.1, -0.05) is 44.2 Å². The number of pyridine rings is 1. The molecule has 2 aromatic carbocycles. The zero-order valence-electron chi connectivity index (χ0n) is 25.3. The van der Waals surface area contributed by atoms with Crippen LogP contribution in [0.25, 0.3) is 0 Å². The normalized spacial score (nSPS) is 13.8. The third kappa shape index (κ3) is 9.91. The smallest absolute Gasteiger partial charge is 0.407 e. The van der Waals surface area contributed by atoms with Crippen LogP contribution in [0.2, 0.25) is 0 Å². The quantitative estimate of drug-likeness (QED) is 0.201. The van der Waals surface area contributed by atoms with Crippen molar-refractivity contribution >= 4 is 31.8 Å². The molecule has 1 amide bonds. The second-order valence-corrected chi connectivity index (χ2v) is 15.3. The van der Waals surface area contributed by atoms with Crippen molar-refractivity contribution in [3.8, 4) is 5.75 Å². The van der Waals surface area contributed by atoms with Gasteiger partial charge in [0.1, 0.15) is 16.2 Å². The number of nitrogens with zero attached hydrogens (tertiary/aromatic N) is 2. The van der Waals surface area contributed by atoms with E-state index >= 15 is 0 Å². The van der Waals surface area contributed by atoms with Gasteiger partial charge >= 0.3 is 6.09 Å². The van der Waals surface area contributed by atoms with E-state index in [0.717, 1.165) is 34.3 Å². The number of aliphatic hydroxyl groups is 1. The summed E-state index contributed by atoms with van der Waals surface area (Å²) in [6, 6.07) is 14.1. The number of alkyl carbamates (subject to hydrolysis) is 1. The van der Waals surface area contributed by atoms with Crippen molar-refractivity contribution in [1.29, 1.82) is 0 Å². The highest BCUT2D eigenvalue weighted by atomic mass is 32.2. The number of carbonyl (C=O) groups is 1. The van der Waals surface area contributed by atoms with Gasteiger partial charge in [-0.05, 0) is 69.0 Å². The molecule has 44 heavy (non-hydrogen) atoms. The van der Waals surface area contributed by atoms with Crippen LogP contribution in [0, 0.1) is 5.92 Å². The van der Waals surface area contributed by atoms with Gasteiger partial charge in [-0.3, -0.25) is 9.71 Å². The van der Waals surface area contributed by atoms with Crippen molar-refractivity contribution < 1.29 is 36.6 Å². The molecule has 12 nitrogen and oxygen atoms in total. The first kappa shape index (κ1) is 34.8. The molecule has 240 valence electrons. The molecule has 0 radical (unpaired) electrons. The first-order valence-electron chi connectivity index (χ1n) is 14.0. The number of benzene rings is 2. The summed E-state index contributed by atoms with van der Waals surface area (Å²) in [6.07, 6.45) is 0.574. The van der Waals surface area contributed by atoms with Gasteiger partial charge in [-0.15, -0.1) is 0 Å². The number of aliphatic hydroxyl groups excluding tert-OH is 1. The summed E-state index contributed by atoms with van der Waals surface area (Å²) in [7, 11) is -8.54. The molecule has 14 heteroatoms. The van der Waals surface area contributed by atoms with E-state index in [1.807, 2.05) is 30.3 Å². The number of sulfonamides is 2. The number of carbonyl (C=O) groups excluding carboxylic acids is 1. The Morgan fingerprint density at radius 2 is 1.66 bits per heavy atom. The summed E-state index contributed by atoms with van der Waals surface area (Å²) in [5.74, 6) is -0.652. The molecule has 0 aliphatic heterocycles. The third-order valence-corrected chi connectivity index (χ3v) is 9.40. The third-order valence-electron chi connectivity index (χ3n) is 6.22. The molecule has 0 spiro atoms. The van der Waals surface area contributed by atoms with Crippen LogP contribution in [-0.4, -0.2) is 73.3 Å². The number of ether oxygens (including phenoxy) is 1. The summed E-state index contributed by atoms with van der Waals surface area (Å²) >= 11 is 0. The van der Waals surface area contributed by atoms with Crippen LogP contribution in [0.3, 0.4) is 0 Å². The van der Waals surface area contributed by atoms with Gasteiger partial charge < -0.3 is 20.3 Å². The first-order chi connectivity index (χ1) is 20.5. The van der Waals surface area contributed by atoms with E-state index in [0.29, 0.717) is 0 Å². The van der Waals surface area contributed by atoms with E-state index in [4.69, 9.17) is 4.74 Å². The molecular formula is C30H40N4O8S2. The van der Waals surface area contributed by atoms with Crippen LogP contribution in [0.15, 0.2) is 82.8 Å². The number of phenolic OH excluding ortho intramolecular Hbond substituents is 1. The maximum Gasteiger partial charge on any atom is 0.407 e. The monoisotopic (exact) mass is 648 g/mol. The van der Waals surface area contributed by atoms with Crippen LogP contribution in [0.1, 0.15) is 40.2 Å². The lowest BCUT2D eigenvalue weighted by atomic mass is 10.0. The number of anilines is 1. The molecule has 1 aromatic heterocycles. The van der Waals surface area contributed by atoms with Crippen LogP contribution < -0.4 is 10.0 Å². The van der Waals surface area contributed by atoms with E-state index in [9.17, 15) is 31.8 Å². The lowest BCUT2D eigenvalue weighted by Gasteiger charge is -2.31. The van der Waals surface area contributed by atoms with Crippen molar-refractivity contribution in [2.24, 2.45) is 5.92 Å². The van der Waals surface area contributed by atoms with Crippen LogP contribution in [0.4, 0.5) is 10.5 Å². The number of amides is 1. The van der Waals surface area contributed by atoms with E-state index in [1.54, 1.807) is 34.6 Å². The molecule has 3 aromatic rings. The number of rotatable bonds is 13. The second kappa shape index (κ2) is 14.4. The van der Waals surface area contributed by atoms with Gasteiger partial charge in [0.05, 0.1) is 22.7 Å². The maximum atomic E-state index is 13.9. The second-order valence-electron chi connectivity index (χ2n) is 11.7. The lowest BCUT2D eigenvalue weighted by molar-refractivity contribution is 0.0400. The van der Waals surface area contributed by atoms with Crippen LogP contribution >= 0.6 is 0 Å². The molecule has 0 saturated heterocycles. The van der Waals surface area contributed by atoms with Crippen LogP contribution in [0.5, 0.6) is 5.75 Å². The van der Waals surface area contributed by atoms with E-state index in [2.05, 4.69) is 15.0 Å². The van der Waals surface area contributed by atoms with Gasteiger partial charge in [-0.2, -0.15) is 4.31 Å². The predicted octanol–water partition coefficient (Wildman–Crippen LogP) is 3.73. The number of nitrogens with one attached hydrogen (secondary N) is 2. The maximum absolute atomic E-state index is 13.9. The number of aromatic hydroxyl groups is 1. The Balaban J connectivity index is 1.93. The minimum absolute atomic E-state index is 0.00150. The Labute approximate surface area is 259 Å². The van der Waals surface area contributed by atoms with E-state index in [-0.39, 0.29) is 34.4 Å². The Kier molecular flexibility index (Phi) is 11.4. The number of aromatic nitrogens is 1. The minimum Gasteiger partial charge on any atom is -0.506 e. The zero-order valence-corrected chi connectivity index (χ0v) is 27.0. The zero-order chi connectivity index (χ0) is 32.7. The molecule has 0 aliphatic rings. The van der Waals surface area contributed by atoms with Crippen molar-refractivity contribution in [2.75, 3.05) is 17.8 Å². The largest absolute Gasteiger partial charge is 0.506 e. The molecule has 0 fully saturated rings. The highest BCUT2D eigenvalue weighted by molar-refractivity contribution is 7.92. The predicted molar refractivity (Wildman–Crippen MR) is 166 cm³/mol. The summed E-state index contributed by atoms with van der Waals surface area (Å²) < 4.78 is 62.2. The highest BCUT2D eigenvalue weighted by Crippen LogP contribution is 2.30. The Morgan fingerprint density at radius 3 is 2.25 bits per heavy atom. The number of phenols is 1. The van der Waals surface area contributed by atoms with E-state index in [1.165, 1.54) is 18.3 Å². The topological polar surface area (TPSA) is 175 Å². The summed E-state index contributed by atoms with van der Waals surface area (Å²) in [4.78, 5) is 16.0. The summed E-state index contributed by atoms with van der Waals surface area (Å²) in [5.41, 5.74) is -0.349. The van der Waals surface area contributed by atoms with Crippen molar-refractivity contribution in [1.82, 2.24) is 14.6 Å². The number of hydrogen-bond acceptors (Lipinski definition) is 9. The molecular weight excluding hydrogens is 608 g/mol. The van der Waals surface area contributed by atoms with Gasteiger partial charge in [0, 0.05) is 25.5 Å².